The van der Waals surface area contributed by atoms with Crippen molar-refractivity contribution in [2.45, 2.75) is 43.6 Å². The number of aliphatic hydroxyl groups excluding tert-OH is 1. The SMILES string of the molecule is CCCCn1nnnc1CSc1ccc(CO)cc1. The van der Waals surface area contributed by atoms with Gasteiger partial charge in [0.25, 0.3) is 0 Å². The highest BCUT2D eigenvalue weighted by molar-refractivity contribution is 7.98. The van der Waals surface area contributed by atoms with Gasteiger partial charge in [0.2, 0.25) is 0 Å². The summed E-state index contributed by atoms with van der Waals surface area (Å²) in [4.78, 5) is 1.15. The van der Waals surface area contributed by atoms with E-state index in [2.05, 4.69) is 22.4 Å². The van der Waals surface area contributed by atoms with E-state index in [9.17, 15) is 0 Å². The number of hydrogen-bond acceptors (Lipinski definition) is 5. The molecule has 0 amide bonds. The first-order valence-electron chi connectivity index (χ1n) is 6.41. The van der Waals surface area contributed by atoms with Crippen LogP contribution in [0.5, 0.6) is 0 Å². The molecule has 1 N–H and O–H groups in total. The summed E-state index contributed by atoms with van der Waals surface area (Å²) in [6.07, 6.45) is 2.23. The molecule has 1 aromatic heterocycles. The average molecular weight is 278 g/mol. The van der Waals surface area contributed by atoms with Crippen LogP contribution in [0.15, 0.2) is 29.2 Å². The monoisotopic (exact) mass is 278 g/mol. The highest BCUT2D eigenvalue weighted by Gasteiger charge is 2.06. The van der Waals surface area contributed by atoms with Gasteiger partial charge in [-0.15, -0.1) is 16.9 Å². The zero-order valence-corrected chi connectivity index (χ0v) is 11.8. The minimum atomic E-state index is 0.0835. The third-order valence-electron chi connectivity index (χ3n) is 2.80. The maximum atomic E-state index is 8.99. The predicted molar refractivity (Wildman–Crippen MR) is 74.7 cm³/mol. The lowest BCUT2D eigenvalue weighted by atomic mass is 10.2. The second-order valence-electron chi connectivity index (χ2n) is 4.26. The van der Waals surface area contributed by atoms with Crippen molar-refractivity contribution in [3.63, 3.8) is 0 Å². The average Bonchev–Trinajstić information content (AvgIpc) is 2.91. The van der Waals surface area contributed by atoms with Gasteiger partial charge in [-0.3, -0.25) is 0 Å². The van der Waals surface area contributed by atoms with Crippen LogP contribution in [0.3, 0.4) is 0 Å². The third kappa shape index (κ3) is 4.04. The summed E-state index contributed by atoms with van der Waals surface area (Å²) in [7, 11) is 0. The van der Waals surface area contributed by atoms with E-state index in [0.717, 1.165) is 41.4 Å². The van der Waals surface area contributed by atoms with Crippen molar-refractivity contribution in [1.29, 1.82) is 0 Å². The number of aromatic nitrogens is 4. The van der Waals surface area contributed by atoms with Crippen LogP contribution in [0, 0.1) is 0 Å². The van der Waals surface area contributed by atoms with E-state index in [-0.39, 0.29) is 6.61 Å². The van der Waals surface area contributed by atoms with E-state index < -0.39 is 0 Å². The third-order valence-corrected chi connectivity index (χ3v) is 3.81. The highest BCUT2D eigenvalue weighted by Crippen LogP contribution is 2.22. The number of nitrogens with zero attached hydrogens (tertiary/aromatic N) is 4. The zero-order valence-electron chi connectivity index (χ0n) is 11.0. The molecule has 0 saturated carbocycles. The van der Waals surface area contributed by atoms with Crippen molar-refractivity contribution in [1.82, 2.24) is 20.2 Å². The molecule has 6 heteroatoms. The Balaban J connectivity index is 1.92. The normalized spacial score (nSPS) is 10.8. The number of hydrogen-bond donors (Lipinski definition) is 1. The Morgan fingerprint density at radius 2 is 2.05 bits per heavy atom. The molecule has 1 aromatic carbocycles. The number of aryl methyl sites for hydroxylation is 1. The van der Waals surface area contributed by atoms with Gasteiger partial charge in [-0.1, -0.05) is 25.5 Å². The maximum Gasteiger partial charge on any atom is 0.161 e. The number of thioether (sulfide) groups is 1. The quantitative estimate of drug-likeness (QED) is 0.787. The van der Waals surface area contributed by atoms with Crippen LogP contribution < -0.4 is 0 Å². The fourth-order valence-corrected chi connectivity index (χ4v) is 2.48. The molecule has 2 aromatic rings. The van der Waals surface area contributed by atoms with Gasteiger partial charge in [0, 0.05) is 11.4 Å². The molecule has 0 radical (unpaired) electrons. The standard InChI is InChI=1S/C13H18N4OS/c1-2-3-8-17-13(14-15-16-17)10-19-12-6-4-11(9-18)5-7-12/h4-7,18H,2-3,8-10H2,1H3. The van der Waals surface area contributed by atoms with Crippen molar-refractivity contribution in [2.75, 3.05) is 0 Å². The molecule has 5 nitrogen and oxygen atoms in total. The Kier molecular flexibility index (Phi) is 5.35. The van der Waals surface area contributed by atoms with Crippen LogP contribution >= 0.6 is 11.8 Å². The molecule has 0 spiro atoms. The topological polar surface area (TPSA) is 63.8 Å². The number of tetrazole rings is 1. The lowest BCUT2D eigenvalue weighted by molar-refractivity contribution is 0.282. The molecule has 0 aliphatic heterocycles. The maximum absolute atomic E-state index is 8.99. The number of rotatable bonds is 7. The van der Waals surface area contributed by atoms with E-state index in [1.165, 1.54) is 0 Å². The molecule has 2 rings (SSSR count). The Bertz CT molecular complexity index is 498. The van der Waals surface area contributed by atoms with Crippen LogP contribution in [0.25, 0.3) is 0 Å². The smallest absolute Gasteiger partial charge is 0.161 e. The first-order valence-corrected chi connectivity index (χ1v) is 7.39. The Labute approximate surface area is 117 Å². The minimum absolute atomic E-state index is 0.0835. The van der Waals surface area contributed by atoms with Crippen LogP contribution in [-0.2, 0) is 18.9 Å². The second-order valence-corrected chi connectivity index (χ2v) is 5.31. The molecule has 0 unspecified atom stereocenters. The van der Waals surface area contributed by atoms with E-state index in [1.807, 2.05) is 28.9 Å². The number of aliphatic hydroxyl groups is 1. The summed E-state index contributed by atoms with van der Waals surface area (Å²) >= 11 is 1.70. The van der Waals surface area contributed by atoms with Crippen molar-refractivity contribution < 1.29 is 5.11 Å². The molecule has 0 aliphatic carbocycles. The summed E-state index contributed by atoms with van der Waals surface area (Å²) in [6.45, 7) is 3.12. The van der Waals surface area contributed by atoms with Gasteiger partial charge >= 0.3 is 0 Å². The molecular formula is C13H18N4OS. The molecule has 102 valence electrons. The Hall–Kier alpha value is -1.40. The van der Waals surface area contributed by atoms with Crippen molar-refractivity contribution in [2.24, 2.45) is 0 Å². The molecule has 0 atom stereocenters. The molecule has 0 aliphatic rings. The van der Waals surface area contributed by atoms with Gasteiger partial charge < -0.3 is 5.11 Å². The number of unbranched alkanes of at least 4 members (excludes halogenated alkanes) is 1. The van der Waals surface area contributed by atoms with Gasteiger partial charge in [0.1, 0.15) is 0 Å². The first kappa shape index (κ1) is 14.0. The zero-order chi connectivity index (χ0) is 13.5. The summed E-state index contributed by atoms with van der Waals surface area (Å²) in [5.41, 5.74) is 0.928. The Morgan fingerprint density at radius 1 is 1.26 bits per heavy atom. The summed E-state index contributed by atoms with van der Waals surface area (Å²) in [6, 6.07) is 7.89. The predicted octanol–water partition coefficient (Wildman–Crippen LogP) is 2.26. The van der Waals surface area contributed by atoms with Gasteiger partial charge in [-0.25, -0.2) is 4.68 Å². The molecule has 0 fully saturated rings. The highest BCUT2D eigenvalue weighted by atomic mass is 32.2. The number of benzene rings is 1. The van der Waals surface area contributed by atoms with Crippen LogP contribution in [0.2, 0.25) is 0 Å². The van der Waals surface area contributed by atoms with Crippen LogP contribution in [0.4, 0.5) is 0 Å². The lowest BCUT2D eigenvalue weighted by Gasteiger charge is -2.04. The van der Waals surface area contributed by atoms with Gasteiger partial charge in [0.05, 0.1) is 12.4 Å². The van der Waals surface area contributed by atoms with Crippen LogP contribution in [-0.4, -0.2) is 25.3 Å². The largest absolute Gasteiger partial charge is 0.392 e. The van der Waals surface area contributed by atoms with Gasteiger partial charge in [0.15, 0.2) is 5.82 Å². The summed E-state index contributed by atoms with van der Waals surface area (Å²) in [5, 5.41) is 20.8. The van der Waals surface area contributed by atoms with E-state index >= 15 is 0 Å². The van der Waals surface area contributed by atoms with Crippen molar-refractivity contribution in [3.05, 3.63) is 35.7 Å². The van der Waals surface area contributed by atoms with E-state index in [0.29, 0.717) is 0 Å². The molecule has 1 heterocycles. The molecule has 0 saturated heterocycles. The van der Waals surface area contributed by atoms with E-state index in [1.54, 1.807) is 11.8 Å². The van der Waals surface area contributed by atoms with Crippen LogP contribution in [0.1, 0.15) is 31.2 Å². The summed E-state index contributed by atoms with van der Waals surface area (Å²) < 4.78 is 1.87. The molecular weight excluding hydrogens is 260 g/mol. The Morgan fingerprint density at radius 3 is 2.74 bits per heavy atom. The lowest BCUT2D eigenvalue weighted by Crippen LogP contribution is -2.04. The second kappa shape index (κ2) is 7.25. The summed E-state index contributed by atoms with van der Waals surface area (Å²) in [5.74, 6) is 1.67. The van der Waals surface area contributed by atoms with Crippen molar-refractivity contribution >= 4 is 11.8 Å². The van der Waals surface area contributed by atoms with E-state index in [4.69, 9.17) is 5.11 Å². The fraction of sp³-hybridized carbons (Fsp3) is 0.462. The van der Waals surface area contributed by atoms with Gasteiger partial charge in [-0.05, 0) is 34.5 Å². The molecule has 0 bridgehead atoms. The first-order chi connectivity index (χ1) is 9.33. The fourth-order valence-electron chi connectivity index (χ4n) is 1.65. The van der Waals surface area contributed by atoms with Gasteiger partial charge in [-0.2, -0.15) is 0 Å². The van der Waals surface area contributed by atoms with Crippen molar-refractivity contribution in [3.8, 4) is 0 Å². The molecule has 19 heavy (non-hydrogen) atoms. The minimum Gasteiger partial charge on any atom is -0.392 e.